The maximum Gasteiger partial charge on any atom is 0.324 e. The third-order valence-corrected chi connectivity index (χ3v) is 7.24. The van der Waals surface area contributed by atoms with Crippen LogP contribution in [0.3, 0.4) is 0 Å². The Hall–Kier alpha value is -2.75. The van der Waals surface area contributed by atoms with Crippen molar-refractivity contribution < 1.29 is 22.5 Å². The molecular formula is C21H20ClN3O5S. The molecule has 10 heteroatoms. The molecule has 0 spiro atoms. The number of rotatable bonds is 6. The Morgan fingerprint density at radius 2 is 1.87 bits per heavy atom. The Morgan fingerprint density at radius 1 is 1.13 bits per heavy atom. The van der Waals surface area contributed by atoms with Crippen molar-refractivity contribution in [2.75, 3.05) is 6.54 Å². The molecule has 2 heterocycles. The normalized spacial score (nSPS) is 17.4. The molecule has 162 valence electrons. The van der Waals surface area contributed by atoms with Crippen LogP contribution in [0.2, 0.25) is 5.02 Å². The summed E-state index contributed by atoms with van der Waals surface area (Å²) in [4.78, 5) is 17.1. The van der Waals surface area contributed by atoms with Gasteiger partial charge in [-0.05, 0) is 43.5 Å². The third-order valence-electron chi connectivity index (χ3n) is 4.99. The van der Waals surface area contributed by atoms with Crippen molar-refractivity contribution in [3.8, 4) is 11.5 Å². The van der Waals surface area contributed by atoms with Gasteiger partial charge in [-0.1, -0.05) is 47.1 Å². The SMILES string of the molecule is O=C(OCc1noc(-c2ccccc2Cl)n1)C1CCCCN1S(=O)(=O)c1ccccc1. The van der Waals surface area contributed by atoms with Crippen LogP contribution in [0.5, 0.6) is 0 Å². The van der Waals surface area contributed by atoms with Crippen LogP contribution in [0.25, 0.3) is 11.5 Å². The topological polar surface area (TPSA) is 103 Å². The molecule has 1 atom stereocenters. The average Bonchev–Trinajstić information content (AvgIpc) is 3.27. The first-order chi connectivity index (χ1) is 15.0. The fourth-order valence-corrected chi connectivity index (χ4v) is 5.33. The highest BCUT2D eigenvalue weighted by Gasteiger charge is 2.38. The maximum absolute atomic E-state index is 13.0. The molecule has 1 saturated heterocycles. The number of hydrogen-bond donors (Lipinski definition) is 0. The highest BCUT2D eigenvalue weighted by atomic mass is 35.5. The Kier molecular flexibility index (Phi) is 6.35. The highest BCUT2D eigenvalue weighted by molar-refractivity contribution is 7.89. The largest absolute Gasteiger partial charge is 0.456 e. The summed E-state index contributed by atoms with van der Waals surface area (Å²) in [6.07, 6.45) is 1.81. The lowest BCUT2D eigenvalue weighted by atomic mass is 10.1. The molecule has 8 nitrogen and oxygen atoms in total. The molecule has 1 aliphatic rings. The molecule has 1 aliphatic heterocycles. The summed E-state index contributed by atoms with van der Waals surface area (Å²) in [5.74, 6) is -0.262. The van der Waals surface area contributed by atoms with Crippen molar-refractivity contribution in [3.05, 3.63) is 65.4 Å². The van der Waals surface area contributed by atoms with Gasteiger partial charge in [-0.2, -0.15) is 9.29 Å². The van der Waals surface area contributed by atoms with Crippen molar-refractivity contribution in [3.63, 3.8) is 0 Å². The smallest absolute Gasteiger partial charge is 0.324 e. The van der Waals surface area contributed by atoms with Gasteiger partial charge in [0, 0.05) is 6.54 Å². The minimum Gasteiger partial charge on any atom is -0.456 e. The van der Waals surface area contributed by atoms with Gasteiger partial charge < -0.3 is 9.26 Å². The van der Waals surface area contributed by atoms with Crippen LogP contribution < -0.4 is 0 Å². The second-order valence-electron chi connectivity index (χ2n) is 7.04. The Labute approximate surface area is 184 Å². The van der Waals surface area contributed by atoms with E-state index in [1.165, 1.54) is 16.4 Å². The molecule has 0 saturated carbocycles. The van der Waals surface area contributed by atoms with Gasteiger partial charge >= 0.3 is 5.97 Å². The molecule has 0 bridgehead atoms. The van der Waals surface area contributed by atoms with Crippen LogP contribution in [0, 0.1) is 0 Å². The van der Waals surface area contributed by atoms with E-state index in [9.17, 15) is 13.2 Å². The zero-order valence-corrected chi connectivity index (χ0v) is 18.1. The first-order valence-corrected chi connectivity index (χ1v) is 11.6. The van der Waals surface area contributed by atoms with Crippen molar-refractivity contribution in [2.45, 2.75) is 36.8 Å². The number of hydrogen-bond acceptors (Lipinski definition) is 7. The lowest BCUT2D eigenvalue weighted by molar-refractivity contribution is -0.150. The van der Waals surface area contributed by atoms with E-state index in [0.29, 0.717) is 23.4 Å². The number of ether oxygens (including phenoxy) is 1. The van der Waals surface area contributed by atoms with Crippen LogP contribution >= 0.6 is 11.6 Å². The maximum atomic E-state index is 13.0. The van der Waals surface area contributed by atoms with E-state index >= 15 is 0 Å². The summed E-state index contributed by atoms with van der Waals surface area (Å²) in [7, 11) is -3.81. The minimum atomic E-state index is -3.81. The van der Waals surface area contributed by atoms with E-state index in [4.69, 9.17) is 20.9 Å². The zero-order valence-electron chi connectivity index (χ0n) is 16.5. The standard InChI is InChI=1S/C21H20ClN3O5S/c22-17-11-5-4-10-16(17)20-23-19(24-30-20)14-29-21(26)18-12-6-7-13-25(18)31(27,28)15-8-2-1-3-9-15/h1-5,8-11,18H,6-7,12-14H2. The van der Waals surface area contributed by atoms with Crippen molar-refractivity contribution in [2.24, 2.45) is 0 Å². The van der Waals surface area contributed by atoms with E-state index in [0.717, 1.165) is 6.42 Å². The lowest BCUT2D eigenvalue weighted by Gasteiger charge is -2.32. The Morgan fingerprint density at radius 3 is 2.65 bits per heavy atom. The number of aromatic nitrogens is 2. The number of sulfonamides is 1. The summed E-state index contributed by atoms with van der Waals surface area (Å²) in [6, 6.07) is 14.2. The van der Waals surface area contributed by atoms with Crippen molar-refractivity contribution in [1.29, 1.82) is 0 Å². The van der Waals surface area contributed by atoms with Crippen LogP contribution in [0.4, 0.5) is 0 Å². The fourth-order valence-electron chi connectivity index (χ4n) is 3.44. The van der Waals surface area contributed by atoms with Gasteiger partial charge in [0.15, 0.2) is 6.61 Å². The molecule has 2 aromatic carbocycles. The predicted octanol–water partition coefficient (Wildman–Crippen LogP) is 3.68. The summed E-state index contributed by atoms with van der Waals surface area (Å²) < 4.78 is 37.8. The number of carbonyl (C=O) groups excluding carboxylic acids is 1. The summed E-state index contributed by atoms with van der Waals surface area (Å²) >= 11 is 6.13. The van der Waals surface area contributed by atoms with Gasteiger partial charge in [0.1, 0.15) is 6.04 Å². The van der Waals surface area contributed by atoms with E-state index < -0.39 is 22.0 Å². The molecule has 0 radical (unpaired) electrons. The Bertz CT molecular complexity index is 1170. The van der Waals surface area contributed by atoms with Crippen LogP contribution in [0.15, 0.2) is 64.0 Å². The molecule has 31 heavy (non-hydrogen) atoms. The fraction of sp³-hybridized carbons (Fsp3) is 0.286. The van der Waals surface area contributed by atoms with E-state index in [1.54, 1.807) is 42.5 Å². The Balaban J connectivity index is 1.46. The van der Waals surface area contributed by atoms with Gasteiger partial charge in [0.05, 0.1) is 15.5 Å². The number of halogens is 1. The second-order valence-corrected chi connectivity index (χ2v) is 9.34. The second kappa shape index (κ2) is 9.17. The molecule has 0 N–H and O–H groups in total. The van der Waals surface area contributed by atoms with E-state index in [1.807, 2.05) is 0 Å². The molecule has 4 rings (SSSR count). The van der Waals surface area contributed by atoms with Crippen LogP contribution in [-0.2, 0) is 26.2 Å². The monoisotopic (exact) mass is 461 g/mol. The minimum absolute atomic E-state index is 0.150. The van der Waals surface area contributed by atoms with E-state index in [-0.39, 0.29) is 29.8 Å². The van der Waals surface area contributed by atoms with Gasteiger partial charge in [0.2, 0.25) is 15.8 Å². The number of benzene rings is 2. The van der Waals surface area contributed by atoms with Crippen LogP contribution in [-0.4, -0.2) is 41.4 Å². The summed E-state index contributed by atoms with van der Waals surface area (Å²) in [5, 5.41) is 4.27. The summed E-state index contributed by atoms with van der Waals surface area (Å²) in [5.41, 5.74) is 0.571. The molecule has 3 aromatic rings. The number of nitrogens with zero attached hydrogens (tertiary/aromatic N) is 3. The summed E-state index contributed by atoms with van der Waals surface area (Å²) in [6.45, 7) is 0.0262. The predicted molar refractivity (Wildman–Crippen MR) is 113 cm³/mol. The van der Waals surface area contributed by atoms with Gasteiger partial charge in [-0.25, -0.2) is 8.42 Å². The van der Waals surface area contributed by atoms with Gasteiger partial charge in [0.25, 0.3) is 5.89 Å². The molecule has 1 aromatic heterocycles. The third kappa shape index (κ3) is 4.63. The zero-order chi connectivity index (χ0) is 21.8. The first kappa shape index (κ1) is 21.5. The molecular weight excluding hydrogens is 442 g/mol. The molecule has 0 aliphatic carbocycles. The quantitative estimate of drug-likeness (QED) is 0.516. The van der Waals surface area contributed by atoms with Gasteiger partial charge in [-0.15, -0.1) is 0 Å². The molecule has 1 fully saturated rings. The number of esters is 1. The van der Waals surface area contributed by atoms with Crippen molar-refractivity contribution in [1.82, 2.24) is 14.4 Å². The van der Waals surface area contributed by atoms with Gasteiger partial charge in [-0.3, -0.25) is 4.79 Å². The average molecular weight is 462 g/mol. The number of carbonyl (C=O) groups is 1. The molecule has 0 amide bonds. The van der Waals surface area contributed by atoms with E-state index in [2.05, 4.69) is 10.1 Å². The number of piperidine rings is 1. The molecule has 1 unspecified atom stereocenters. The highest BCUT2D eigenvalue weighted by Crippen LogP contribution is 2.27. The lowest BCUT2D eigenvalue weighted by Crippen LogP contribution is -2.48. The van der Waals surface area contributed by atoms with Crippen LogP contribution in [0.1, 0.15) is 25.1 Å². The first-order valence-electron chi connectivity index (χ1n) is 9.78. The van der Waals surface area contributed by atoms with Crippen molar-refractivity contribution >= 4 is 27.6 Å².